The van der Waals surface area contributed by atoms with Crippen LogP contribution in [0.15, 0.2) is 5.38 Å². The molecule has 0 radical (unpaired) electrons. The van der Waals surface area contributed by atoms with E-state index in [9.17, 15) is 9.59 Å². The van der Waals surface area contributed by atoms with Crippen molar-refractivity contribution in [2.75, 3.05) is 39.9 Å². The van der Waals surface area contributed by atoms with Crippen molar-refractivity contribution in [3.8, 4) is 0 Å². The van der Waals surface area contributed by atoms with Gasteiger partial charge in [-0.3, -0.25) is 9.59 Å². The van der Waals surface area contributed by atoms with Crippen molar-refractivity contribution in [3.63, 3.8) is 0 Å². The summed E-state index contributed by atoms with van der Waals surface area (Å²) in [5.74, 6) is 0.435. The molecule has 0 aliphatic carbocycles. The third-order valence-corrected chi connectivity index (χ3v) is 6.93. The molecule has 2 saturated heterocycles. The highest BCUT2D eigenvalue weighted by Crippen LogP contribution is 2.41. The van der Waals surface area contributed by atoms with Gasteiger partial charge in [0, 0.05) is 62.0 Å². The quantitative estimate of drug-likeness (QED) is 0.715. The summed E-state index contributed by atoms with van der Waals surface area (Å²) in [6.45, 7) is 8.04. The summed E-state index contributed by atoms with van der Waals surface area (Å²) >= 11 is 1.67. The Balaban J connectivity index is 1.59. The Morgan fingerprint density at radius 2 is 2.08 bits per heavy atom. The van der Waals surface area contributed by atoms with Crippen molar-refractivity contribution in [3.05, 3.63) is 21.4 Å². The van der Waals surface area contributed by atoms with Crippen LogP contribution in [0.1, 0.15) is 53.4 Å². The van der Waals surface area contributed by atoms with E-state index in [1.807, 2.05) is 15.2 Å². The second-order valence-electron chi connectivity index (χ2n) is 7.67. The minimum Gasteiger partial charge on any atom is -0.385 e. The second kappa shape index (κ2) is 8.09. The third-order valence-electron chi connectivity index (χ3n) is 5.98. The van der Waals surface area contributed by atoms with E-state index in [1.165, 1.54) is 10.4 Å². The molecule has 0 unspecified atom stereocenters. The fraction of sp³-hybridized carbons (Fsp3) is 0.700. The maximum atomic E-state index is 12.9. The van der Waals surface area contributed by atoms with Crippen molar-refractivity contribution < 1.29 is 14.3 Å². The van der Waals surface area contributed by atoms with Gasteiger partial charge in [-0.1, -0.05) is 6.92 Å². The lowest BCUT2D eigenvalue weighted by Gasteiger charge is -2.39. The number of aryl methyl sites for hydroxylation is 1. The van der Waals surface area contributed by atoms with Gasteiger partial charge in [-0.25, -0.2) is 0 Å². The molecule has 3 rings (SSSR count). The van der Waals surface area contributed by atoms with Crippen molar-refractivity contribution in [2.24, 2.45) is 5.41 Å². The molecule has 144 valence electrons. The Labute approximate surface area is 160 Å². The third kappa shape index (κ3) is 3.81. The van der Waals surface area contributed by atoms with Gasteiger partial charge in [-0.15, -0.1) is 11.3 Å². The highest BCUT2D eigenvalue weighted by molar-refractivity contribution is 7.10. The van der Waals surface area contributed by atoms with Gasteiger partial charge in [0.2, 0.25) is 5.91 Å². The van der Waals surface area contributed by atoms with Crippen LogP contribution in [-0.4, -0.2) is 61.5 Å². The number of amides is 2. The number of rotatable bonds is 6. The Morgan fingerprint density at radius 3 is 2.73 bits per heavy atom. The highest BCUT2D eigenvalue weighted by atomic mass is 32.1. The van der Waals surface area contributed by atoms with E-state index in [0.717, 1.165) is 57.4 Å². The first kappa shape index (κ1) is 19.4. The van der Waals surface area contributed by atoms with E-state index in [-0.39, 0.29) is 17.2 Å². The van der Waals surface area contributed by atoms with Crippen LogP contribution in [0.4, 0.5) is 0 Å². The van der Waals surface area contributed by atoms with E-state index in [2.05, 4.69) is 13.8 Å². The molecule has 0 atom stereocenters. The standard InChI is InChI=1S/C20H30N2O3S/c1-4-16-15(2)26-13-17(16)19(24)21-9-6-20(7-10-21)12-18(23)22(14-20)8-5-11-25-3/h13H,4-12,14H2,1-3H3. The predicted molar refractivity (Wildman–Crippen MR) is 104 cm³/mol. The molecule has 0 saturated carbocycles. The lowest BCUT2D eigenvalue weighted by atomic mass is 9.77. The van der Waals surface area contributed by atoms with Gasteiger partial charge >= 0.3 is 0 Å². The fourth-order valence-corrected chi connectivity index (χ4v) is 5.31. The molecule has 1 spiro atoms. The monoisotopic (exact) mass is 378 g/mol. The Kier molecular flexibility index (Phi) is 6.03. The number of piperidine rings is 1. The van der Waals surface area contributed by atoms with Gasteiger partial charge in [0.1, 0.15) is 0 Å². The maximum Gasteiger partial charge on any atom is 0.254 e. The number of hydrogen-bond donors (Lipinski definition) is 0. The largest absolute Gasteiger partial charge is 0.385 e. The van der Waals surface area contributed by atoms with Crippen LogP contribution in [0.25, 0.3) is 0 Å². The summed E-state index contributed by atoms with van der Waals surface area (Å²) in [5, 5.41) is 2.01. The molecule has 5 nitrogen and oxygen atoms in total. The summed E-state index contributed by atoms with van der Waals surface area (Å²) in [6, 6.07) is 0. The number of carbonyl (C=O) groups is 2. The number of methoxy groups -OCH3 is 1. The molecule has 1 aromatic rings. The molecule has 3 heterocycles. The van der Waals surface area contributed by atoms with Crippen molar-refractivity contribution >= 4 is 23.2 Å². The zero-order chi connectivity index (χ0) is 18.7. The lowest BCUT2D eigenvalue weighted by molar-refractivity contribution is -0.128. The summed E-state index contributed by atoms with van der Waals surface area (Å²) in [6.07, 6.45) is 4.28. The average Bonchev–Trinajstić information content (AvgIpc) is 3.15. The van der Waals surface area contributed by atoms with Gasteiger partial charge in [0.05, 0.1) is 5.56 Å². The molecule has 0 N–H and O–H groups in total. The number of ether oxygens (including phenoxy) is 1. The Hall–Kier alpha value is -1.40. The average molecular weight is 379 g/mol. The number of carbonyl (C=O) groups excluding carboxylic acids is 2. The number of likely N-dealkylation sites (tertiary alicyclic amines) is 2. The zero-order valence-corrected chi connectivity index (χ0v) is 17.0. The van der Waals surface area contributed by atoms with E-state index in [1.54, 1.807) is 18.4 Å². The molecule has 0 aromatic carbocycles. The van der Waals surface area contributed by atoms with Crippen molar-refractivity contribution in [1.82, 2.24) is 9.80 Å². The van der Waals surface area contributed by atoms with Gasteiger partial charge in [-0.2, -0.15) is 0 Å². The molecule has 2 aliphatic rings. The molecule has 1 aromatic heterocycles. The number of hydrogen-bond acceptors (Lipinski definition) is 4. The van der Waals surface area contributed by atoms with E-state index in [4.69, 9.17) is 4.74 Å². The van der Waals surface area contributed by atoms with Crippen LogP contribution in [0.5, 0.6) is 0 Å². The normalized spacial score (nSPS) is 19.6. The van der Waals surface area contributed by atoms with Gasteiger partial charge in [0.25, 0.3) is 5.91 Å². The van der Waals surface area contributed by atoms with Crippen molar-refractivity contribution in [1.29, 1.82) is 0 Å². The highest BCUT2D eigenvalue weighted by Gasteiger charge is 2.45. The van der Waals surface area contributed by atoms with Crippen LogP contribution in [0.3, 0.4) is 0 Å². The van der Waals surface area contributed by atoms with E-state index in [0.29, 0.717) is 13.0 Å². The fourth-order valence-electron chi connectivity index (χ4n) is 4.37. The Bertz CT molecular complexity index is 662. The first-order chi connectivity index (χ1) is 12.5. The van der Waals surface area contributed by atoms with Crippen LogP contribution >= 0.6 is 11.3 Å². The molecule has 2 fully saturated rings. The molecule has 0 bridgehead atoms. The topological polar surface area (TPSA) is 49.9 Å². The van der Waals surface area contributed by atoms with Gasteiger partial charge in [0.15, 0.2) is 0 Å². The summed E-state index contributed by atoms with van der Waals surface area (Å²) in [5.41, 5.74) is 2.15. The summed E-state index contributed by atoms with van der Waals surface area (Å²) in [7, 11) is 1.69. The SMILES string of the molecule is CCc1c(C(=O)N2CCC3(CC2)CC(=O)N(CCCOC)C3)csc1C. The van der Waals surface area contributed by atoms with Gasteiger partial charge in [-0.05, 0) is 38.2 Å². The molecule has 2 amide bonds. The molecule has 6 heteroatoms. The molecule has 26 heavy (non-hydrogen) atoms. The van der Waals surface area contributed by atoms with E-state index < -0.39 is 0 Å². The minimum absolute atomic E-state index is 0.0685. The Morgan fingerprint density at radius 1 is 1.35 bits per heavy atom. The molecular formula is C20H30N2O3S. The minimum atomic E-state index is 0.0685. The summed E-state index contributed by atoms with van der Waals surface area (Å²) in [4.78, 5) is 30.5. The smallest absolute Gasteiger partial charge is 0.254 e. The first-order valence-electron chi connectivity index (χ1n) is 9.62. The lowest BCUT2D eigenvalue weighted by Crippen LogP contribution is -2.44. The molecule has 2 aliphatic heterocycles. The number of nitrogens with zero attached hydrogens (tertiary/aromatic N) is 2. The van der Waals surface area contributed by atoms with E-state index >= 15 is 0 Å². The van der Waals surface area contributed by atoms with Crippen LogP contribution in [0, 0.1) is 12.3 Å². The predicted octanol–water partition coefficient (Wildman–Crippen LogP) is 3.11. The van der Waals surface area contributed by atoms with Crippen LogP contribution in [0.2, 0.25) is 0 Å². The summed E-state index contributed by atoms with van der Waals surface area (Å²) < 4.78 is 5.10. The number of thiophene rings is 1. The zero-order valence-electron chi connectivity index (χ0n) is 16.2. The maximum absolute atomic E-state index is 12.9. The van der Waals surface area contributed by atoms with Crippen molar-refractivity contribution in [2.45, 2.75) is 46.0 Å². The van der Waals surface area contributed by atoms with Gasteiger partial charge < -0.3 is 14.5 Å². The first-order valence-corrected chi connectivity index (χ1v) is 10.5. The molecular weight excluding hydrogens is 348 g/mol. The van der Waals surface area contributed by atoms with Crippen LogP contribution < -0.4 is 0 Å². The van der Waals surface area contributed by atoms with Crippen LogP contribution in [-0.2, 0) is 16.0 Å². The second-order valence-corrected chi connectivity index (χ2v) is 8.75.